The second kappa shape index (κ2) is 8.24. The standard InChI is InChI=1S/C21H21F2N3O5S/c22-17-2-1-14(10-18(17)23)25-20(28)16-11-15(9-13-3-6-24-19(13)16)32(30,31)26-7-4-21(29,12-27)5-8-26/h1-3,6,9-11,24,27,29H,4-5,7-8,12H2,(H,25,28). The number of aromatic nitrogens is 1. The second-order valence-electron chi connectivity index (χ2n) is 7.78. The highest BCUT2D eigenvalue weighted by Gasteiger charge is 2.37. The Balaban J connectivity index is 1.67. The lowest BCUT2D eigenvalue weighted by molar-refractivity contribution is -0.0480. The van der Waals surface area contributed by atoms with Crippen LogP contribution in [0.25, 0.3) is 10.9 Å². The van der Waals surface area contributed by atoms with Gasteiger partial charge in [0.25, 0.3) is 5.91 Å². The number of benzene rings is 2. The molecule has 4 rings (SSSR count). The molecule has 0 bridgehead atoms. The fraction of sp³-hybridized carbons (Fsp3) is 0.286. The van der Waals surface area contributed by atoms with Gasteiger partial charge in [-0.15, -0.1) is 0 Å². The van der Waals surface area contributed by atoms with Gasteiger partial charge in [0.05, 0.1) is 28.2 Å². The van der Waals surface area contributed by atoms with Crippen molar-refractivity contribution in [2.45, 2.75) is 23.3 Å². The van der Waals surface area contributed by atoms with Gasteiger partial charge in [0.2, 0.25) is 10.0 Å². The number of aromatic amines is 1. The van der Waals surface area contributed by atoms with Crippen molar-refractivity contribution in [3.63, 3.8) is 0 Å². The van der Waals surface area contributed by atoms with Gasteiger partial charge in [-0.2, -0.15) is 4.31 Å². The van der Waals surface area contributed by atoms with Gasteiger partial charge < -0.3 is 20.5 Å². The van der Waals surface area contributed by atoms with Gasteiger partial charge in [0.15, 0.2) is 11.6 Å². The third kappa shape index (κ3) is 4.11. The van der Waals surface area contributed by atoms with Gasteiger partial charge in [-0.05, 0) is 43.2 Å². The van der Waals surface area contributed by atoms with E-state index in [9.17, 15) is 32.2 Å². The second-order valence-corrected chi connectivity index (χ2v) is 9.72. The molecule has 1 aliphatic rings. The molecule has 1 aliphatic heterocycles. The van der Waals surface area contributed by atoms with Crippen molar-refractivity contribution in [1.82, 2.24) is 9.29 Å². The minimum Gasteiger partial charge on any atom is -0.393 e. The van der Waals surface area contributed by atoms with E-state index in [1.165, 1.54) is 22.5 Å². The maximum Gasteiger partial charge on any atom is 0.257 e. The molecule has 1 amide bonds. The van der Waals surface area contributed by atoms with Crippen molar-refractivity contribution in [2.24, 2.45) is 0 Å². The predicted octanol–water partition coefficient (Wildman–Crippen LogP) is 2.21. The maximum absolute atomic E-state index is 13.5. The first kappa shape index (κ1) is 22.3. The number of fused-ring (bicyclic) bond motifs is 1. The average molecular weight is 465 g/mol. The number of sulfonamides is 1. The number of aliphatic hydroxyl groups excluding tert-OH is 1. The van der Waals surface area contributed by atoms with E-state index >= 15 is 0 Å². The molecule has 0 spiro atoms. The van der Waals surface area contributed by atoms with Crippen LogP contribution in [0.1, 0.15) is 23.2 Å². The van der Waals surface area contributed by atoms with Crippen molar-refractivity contribution in [1.29, 1.82) is 0 Å². The van der Waals surface area contributed by atoms with Crippen LogP contribution >= 0.6 is 0 Å². The Kier molecular flexibility index (Phi) is 5.76. The van der Waals surface area contributed by atoms with Crippen LogP contribution in [0.3, 0.4) is 0 Å². The number of rotatable bonds is 5. The molecule has 1 fully saturated rings. The zero-order valence-corrected chi connectivity index (χ0v) is 17.6. The molecule has 1 aromatic heterocycles. The molecule has 0 atom stereocenters. The topological polar surface area (TPSA) is 123 Å². The van der Waals surface area contributed by atoms with E-state index in [0.29, 0.717) is 10.9 Å². The smallest absolute Gasteiger partial charge is 0.257 e. The molecule has 0 saturated carbocycles. The zero-order valence-electron chi connectivity index (χ0n) is 16.8. The van der Waals surface area contributed by atoms with Crippen molar-refractivity contribution in [3.05, 3.63) is 59.8 Å². The van der Waals surface area contributed by atoms with Crippen LogP contribution in [0.5, 0.6) is 0 Å². The zero-order chi connectivity index (χ0) is 23.1. The number of anilines is 1. The Labute approximate surface area is 182 Å². The summed E-state index contributed by atoms with van der Waals surface area (Å²) in [5, 5.41) is 22.4. The van der Waals surface area contributed by atoms with Gasteiger partial charge in [-0.3, -0.25) is 4.79 Å². The summed E-state index contributed by atoms with van der Waals surface area (Å²) in [7, 11) is -3.99. The van der Waals surface area contributed by atoms with E-state index in [1.54, 1.807) is 12.3 Å². The fourth-order valence-electron chi connectivity index (χ4n) is 3.69. The van der Waals surface area contributed by atoms with Gasteiger partial charge in [-0.1, -0.05) is 0 Å². The van der Waals surface area contributed by atoms with E-state index < -0.39 is 39.8 Å². The van der Waals surface area contributed by atoms with E-state index in [1.807, 2.05) is 0 Å². The number of halogens is 2. The van der Waals surface area contributed by atoms with Gasteiger partial charge in [-0.25, -0.2) is 17.2 Å². The summed E-state index contributed by atoms with van der Waals surface area (Å²) < 4.78 is 54.3. The van der Waals surface area contributed by atoms with Gasteiger partial charge in [0.1, 0.15) is 0 Å². The predicted molar refractivity (Wildman–Crippen MR) is 113 cm³/mol. The van der Waals surface area contributed by atoms with Crippen LogP contribution in [0.4, 0.5) is 14.5 Å². The Morgan fingerprint density at radius 2 is 1.84 bits per heavy atom. The van der Waals surface area contributed by atoms with E-state index in [2.05, 4.69) is 10.3 Å². The first-order chi connectivity index (χ1) is 15.1. The normalized spacial score (nSPS) is 16.9. The van der Waals surface area contributed by atoms with Crippen LogP contribution < -0.4 is 5.32 Å². The van der Waals surface area contributed by atoms with Crippen LogP contribution in [0, 0.1) is 11.6 Å². The lowest BCUT2D eigenvalue weighted by atomic mass is 9.94. The molecule has 2 heterocycles. The third-order valence-corrected chi connectivity index (χ3v) is 7.52. The molecular formula is C21H21F2N3O5S. The number of nitrogens with one attached hydrogen (secondary N) is 2. The number of piperidine rings is 1. The lowest BCUT2D eigenvalue weighted by Crippen LogP contribution is -2.48. The largest absolute Gasteiger partial charge is 0.393 e. The van der Waals surface area contributed by atoms with E-state index in [-0.39, 0.29) is 42.1 Å². The van der Waals surface area contributed by atoms with Crippen LogP contribution in [0.15, 0.2) is 47.5 Å². The summed E-state index contributed by atoms with van der Waals surface area (Å²) in [6, 6.07) is 7.16. The number of carbonyl (C=O) groups is 1. The Bertz CT molecular complexity index is 1280. The number of hydrogen-bond acceptors (Lipinski definition) is 5. The molecule has 32 heavy (non-hydrogen) atoms. The number of hydrogen-bond donors (Lipinski definition) is 4. The maximum atomic E-state index is 13.5. The third-order valence-electron chi connectivity index (χ3n) is 5.64. The molecule has 0 radical (unpaired) electrons. The Hall–Kier alpha value is -2.86. The summed E-state index contributed by atoms with van der Waals surface area (Å²) in [6.45, 7) is -0.424. The summed E-state index contributed by atoms with van der Waals surface area (Å²) in [6.07, 6.45) is 1.72. The number of H-pyrrole nitrogens is 1. The van der Waals surface area contributed by atoms with Crippen molar-refractivity contribution >= 4 is 32.5 Å². The van der Waals surface area contributed by atoms with Crippen molar-refractivity contribution < 1.29 is 32.2 Å². The SMILES string of the molecule is O=C(Nc1ccc(F)c(F)c1)c1cc(S(=O)(=O)N2CCC(O)(CO)CC2)cc2cc[nH]c12. The first-order valence-corrected chi connectivity index (χ1v) is 11.3. The number of carbonyl (C=O) groups excluding carboxylic acids is 1. The average Bonchev–Trinajstić information content (AvgIpc) is 3.24. The summed E-state index contributed by atoms with van der Waals surface area (Å²) in [5.41, 5.74) is -0.898. The van der Waals surface area contributed by atoms with Crippen LogP contribution in [-0.2, 0) is 10.0 Å². The molecule has 1 saturated heterocycles. The first-order valence-electron chi connectivity index (χ1n) is 9.84. The van der Waals surface area contributed by atoms with Crippen LogP contribution in [0.2, 0.25) is 0 Å². The Morgan fingerprint density at radius 1 is 1.12 bits per heavy atom. The van der Waals surface area contributed by atoms with Crippen molar-refractivity contribution in [3.8, 4) is 0 Å². The fourth-order valence-corrected chi connectivity index (χ4v) is 5.20. The van der Waals surface area contributed by atoms with Gasteiger partial charge >= 0.3 is 0 Å². The highest BCUT2D eigenvalue weighted by atomic mass is 32.2. The van der Waals surface area contributed by atoms with E-state index in [4.69, 9.17) is 0 Å². The molecule has 170 valence electrons. The minimum atomic E-state index is -3.99. The molecule has 0 aliphatic carbocycles. The van der Waals surface area contributed by atoms with Gasteiger partial charge in [0, 0.05) is 36.4 Å². The summed E-state index contributed by atoms with van der Waals surface area (Å²) in [5.74, 6) is -2.89. The molecule has 11 heteroatoms. The molecule has 4 N–H and O–H groups in total. The quantitative estimate of drug-likeness (QED) is 0.460. The van der Waals surface area contributed by atoms with E-state index in [0.717, 1.165) is 12.1 Å². The van der Waals surface area contributed by atoms with Crippen LogP contribution in [-0.4, -0.2) is 59.1 Å². The minimum absolute atomic E-state index is 0.0136. The highest BCUT2D eigenvalue weighted by Crippen LogP contribution is 2.30. The summed E-state index contributed by atoms with van der Waals surface area (Å²) in [4.78, 5) is 15.7. The number of nitrogens with zero attached hydrogens (tertiary/aromatic N) is 1. The monoisotopic (exact) mass is 465 g/mol. The molecule has 2 aromatic carbocycles. The molecule has 8 nitrogen and oxygen atoms in total. The highest BCUT2D eigenvalue weighted by molar-refractivity contribution is 7.89. The number of amides is 1. The molecule has 3 aromatic rings. The molecular weight excluding hydrogens is 444 g/mol. The molecule has 0 unspecified atom stereocenters. The number of aliphatic hydroxyl groups is 2. The summed E-state index contributed by atoms with van der Waals surface area (Å²) >= 11 is 0. The van der Waals surface area contributed by atoms with Crippen molar-refractivity contribution in [2.75, 3.05) is 25.0 Å². The lowest BCUT2D eigenvalue weighted by Gasteiger charge is -2.36. The Morgan fingerprint density at radius 3 is 2.50 bits per heavy atom.